The third-order valence-electron chi connectivity index (χ3n) is 5.27. The maximum absolute atomic E-state index is 13.2. The molecule has 3 rings (SSSR count). The standard InChI is InChI=1S/C26H29NO3.C2H6/c1-17-14-18(2)25(19(3)15-17)26(28)27-22(21-10-7-6-8-11-21)16-30-24-13-9-12-23(29-5)20(24)4;1-2/h6-15,22H,16H2,1-5H3,(H,27,28);1-2H3. The molecule has 0 bridgehead atoms. The second kappa shape index (κ2) is 11.9. The molecule has 0 fully saturated rings. The molecular formula is C28H35NO3. The van der Waals surface area contributed by atoms with Crippen LogP contribution in [0.4, 0.5) is 0 Å². The smallest absolute Gasteiger partial charge is 0.252 e. The molecule has 0 aromatic heterocycles. The SMILES string of the molecule is CC.COc1cccc(OCC(NC(=O)c2c(C)cc(C)cc2C)c2ccccc2)c1C. The van der Waals surface area contributed by atoms with Crippen LogP contribution in [0.25, 0.3) is 0 Å². The highest BCUT2D eigenvalue weighted by Crippen LogP contribution is 2.28. The second-order valence-corrected chi connectivity index (χ2v) is 7.60. The molecule has 1 unspecified atom stereocenters. The Morgan fingerprint density at radius 1 is 0.875 bits per heavy atom. The molecule has 0 saturated heterocycles. The molecule has 0 radical (unpaired) electrons. The van der Waals surface area contributed by atoms with Gasteiger partial charge in [-0.25, -0.2) is 0 Å². The molecule has 32 heavy (non-hydrogen) atoms. The zero-order valence-corrected chi connectivity index (χ0v) is 20.3. The molecule has 1 N–H and O–H groups in total. The number of carbonyl (C=O) groups excluding carboxylic acids is 1. The van der Waals surface area contributed by atoms with Crippen molar-refractivity contribution in [3.05, 3.63) is 94.0 Å². The van der Waals surface area contributed by atoms with Gasteiger partial charge < -0.3 is 14.8 Å². The van der Waals surface area contributed by atoms with Crippen LogP contribution >= 0.6 is 0 Å². The summed E-state index contributed by atoms with van der Waals surface area (Å²) in [5, 5.41) is 3.17. The number of aryl methyl sites for hydroxylation is 3. The van der Waals surface area contributed by atoms with Crippen LogP contribution in [0.1, 0.15) is 58.1 Å². The fraction of sp³-hybridized carbons (Fsp3) is 0.321. The Hall–Kier alpha value is -3.27. The molecular weight excluding hydrogens is 398 g/mol. The van der Waals surface area contributed by atoms with Crippen molar-refractivity contribution in [1.82, 2.24) is 5.32 Å². The van der Waals surface area contributed by atoms with Gasteiger partial charge in [0.1, 0.15) is 18.1 Å². The quantitative estimate of drug-likeness (QED) is 0.462. The first-order chi connectivity index (χ1) is 15.4. The van der Waals surface area contributed by atoms with Gasteiger partial charge in [0.2, 0.25) is 0 Å². The summed E-state index contributed by atoms with van der Waals surface area (Å²) in [4.78, 5) is 13.2. The molecule has 3 aromatic rings. The molecule has 0 heterocycles. The number of carbonyl (C=O) groups is 1. The van der Waals surface area contributed by atoms with Gasteiger partial charge in [-0.2, -0.15) is 0 Å². The molecule has 4 heteroatoms. The summed E-state index contributed by atoms with van der Waals surface area (Å²) < 4.78 is 11.5. The van der Waals surface area contributed by atoms with E-state index in [1.54, 1.807) is 7.11 Å². The van der Waals surface area contributed by atoms with E-state index in [1.807, 2.05) is 102 Å². The molecule has 0 spiro atoms. The molecule has 4 nitrogen and oxygen atoms in total. The van der Waals surface area contributed by atoms with Crippen LogP contribution in [0.2, 0.25) is 0 Å². The number of hydrogen-bond acceptors (Lipinski definition) is 3. The van der Waals surface area contributed by atoms with Gasteiger partial charge >= 0.3 is 0 Å². The van der Waals surface area contributed by atoms with E-state index in [-0.39, 0.29) is 11.9 Å². The van der Waals surface area contributed by atoms with E-state index in [0.717, 1.165) is 44.9 Å². The van der Waals surface area contributed by atoms with Crippen LogP contribution in [0.3, 0.4) is 0 Å². The Balaban J connectivity index is 0.00000176. The third kappa shape index (κ3) is 6.13. The average Bonchev–Trinajstić information content (AvgIpc) is 2.78. The zero-order chi connectivity index (χ0) is 23.7. The van der Waals surface area contributed by atoms with E-state index in [9.17, 15) is 4.79 Å². The van der Waals surface area contributed by atoms with E-state index in [0.29, 0.717) is 6.61 Å². The van der Waals surface area contributed by atoms with Gasteiger partial charge in [0, 0.05) is 11.1 Å². The van der Waals surface area contributed by atoms with Crippen LogP contribution < -0.4 is 14.8 Å². The summed E-state index contributed by atoms with van der Waals surface area (Å²) in [6.07, 6.45) is 0. The van der Waals surface area contributed by atoms with Crippen molar-refractivity contribution in [3.8, 4) is 11.5 Å². The Labute approximate surface area is 192 Å². The summed E-state index contributed by atoms with van der Waals surface area (Å²) in [6.45, 7) is 12.3. The van der Waals surface area contributed by atoms with Crippen LogP contribution in [0.15, 0.2) is 60.7 Å². The molecule has 0 aliphatic heterocycles. The predicted octanol–water partition coefficient (Wildman–Crippen LogP) is 6.51. The minimum absolute atomic E-state index is 0.0928. The lowest BCUT2D eigenvalue weighted by Gasteiger charge is -2.22. The first-order valence-electron chi connectivity index (χ1n) is 11.1. The van der Waals surface area contributed by atoms with E-state index in [4.69, 9.17) is 9.47 Å². The van der Waals surface area contributed by atoms with Crippen LogP contribution in [0, 0.1) is 27.7 Å². The molecule has 3 aromatic carbocycles. The number of amides is 1. The van der Waals surface area contributed by atoms with Gasteiger partial charge in [-0.15, -0.1) is 0 Å². The fourth-order valence-corrected chi connectivity index (χ4v) is 3.82. The second-order valence-electron chi connectivity index (χ2n) is 7.60. The van der Waals surface area contributed by atoms with Crippen molar-refractivity contribution in [2.45, 2.75) is 47.6 Å². The molecule has 1 atom stereocenters. The van der Waals surface area contributed by atoms with Crippen molar-refractivity contribution in [3.63, 3.8) is 0 Å². The number of benzene rings is 3. The summed E-state index contributed by atoms with van der Waals surface area (Å²) >= 11 is 0. The summed E-state index contributed by atoms with van der Waals surface area (Å²) in [7, 11) is 1.64. The minimum Gasteiger partial charge on any atom is -0.496 e. The van der Waals surface area contributed by atoms with Crippen molar-refractivity contribution < 1.29 is 14.3 Å². The Morgan fingerprint density at radius 2 is 1.47 bits per heavy atom. The van der Waals surface area contributed by atoms with Crippen molar-refractivity contribution >= 4 is 5.91 Å². The van der Waals surface area contributed by atoms with Gasteiger partial charge in [-0.3, -0.25) is 4.79 Å². The molecule has 170 valence electrons. The topological polar surface area (TPSA) is 47.6 Å². The number of rotatable bonds is 7. The summed E-state index contributed by atoms with van der Waals surface area (Å²) in [5.74, 6) is 1.43. The average molecular weight is 434 g/mol. The molecule has 1 amide bonds. The van der Waals surface area contributed by atoms with Gasteiger partial charge in [0.05, 0.1) is 13.2 Å². The molecule has 0 aliphatic carbocycles. The maximum atomic E-state index is 13.2. The molecule has 0 saturated carbocycles. The third-order valence-corrected chi connectivity index (χ3v) is 5.27. The Morgan fingerprint density at radius 3 is 2.06 bits per heavy atom. The van der Waals surface area contributed by atoms with Crippen LogP contribution in [-0.2, 0) is 0 Å². The van der Waals surface area contributed by atoms with Gasteiger partial charge in [-0.1, -0.05) is 67.9 Å². The number of ether oxygens (including phenoxy) is 2. The van der Waals surface area contributed by atoms with Crippen LogP contribution in [0.5, 0.6) is 11.5 Å². The zero-order valence-electron chi connectivity index (χ0n) is 20.3. The van der Waals surface area contributed by atoms with E-state index < -0.39 is 0 Å². The maximum Gasteiger partial charge on any atom is 0.252 e. The largest absolute Gasteiger partial charge is 0.496 e. The normalized spacial score (nSPS) is 11.1. The lowest BCUT2D eigenvalue weighted by Crippen LogP contribution is -2.33. The van der Waals surface area contributed by atoms with E-state index in [2.05, 4.69) is 5.32 Å². The van der Waals surface area contributed by atoms with Gasteiger partial charge in [0.25, 0.3) is 5.91 Å². The monoisotopic (exact) mass is 433 g/mol. The van der Waals surface area contributed by atoms with E-state index >= 15 is 0 Å². The predicted molar refractivity (Wildman–Crippen MR) is 132 cm³/mol. The first kappa shape index (κ1) is 25.0. The number of methoxy groups -OCH3 is 1. The number of hydrogen-bond donors (Lipinski definition) is 1. The minimum atomic E-state index is -0.288. The summed E-state index contributed by atoms with van der Waals surface area (Å²) in [6, 6.07) is 19.4. The highest BCUT2D eigenvalue weighted by Gasteiger charge is 2.20. The van der Waals surface area contributed by atoms with Crippen molar-refractivity contribution in [1.29, 1.82) is 0 Å². The fourth-order valence-electron chi connectivity index (χ4n) is 3.82. The first-order valence-corrected chi connectivity index (χ1v) is 11.1. The summed E-state index contributed by atoms with van der Waals surface area (Å²) in [5.41, 5.74) is 5.75. The van der Waals surface area contributed by atoms with Gasteiger partial charge in [-0.05, 0) is 56.5 Å². The highest BCUT2D eigenvalue weighted by atomic mass is 16.5. The van der Waals surface area contributed by atoms with Crippen LogP contribution in [-0.4, -0.2) is 19.6 Å². The highest BCUT2D eigenvalue weighted by molar-refractivity contribution is 5.97. The lowest BCUT2D eigenvalue weighted by atomic mass is 9.98. The molecule has 0 aliphatic rings. The Bertz CT molecular complexity index is 1010. The van der Waals surface area contributed by atoms with Gasteiger partial charge in [0.15, 0.2) is 0 Å². The van der Waals surface area contributed by atoms with Crippen molar-refractivity contribution in [2.75, 3.05) is 13.7 Å². The van der Waals surface area contributed by atoms with Crippen molar-refractivity contribution in [2.24, 2.45) is 0 Å². The van der Waals surface area contributed by atoms with E-state index in [1.165, 1.54) is 0 Å². The Kier molecular flexibility index (Phi) is 9.33. The number of nitrogens with one attached hydrogen (secondary N) is 1. The lowest BCUT2D eigenvalue weighted by molar-refractivity contribution is 0.0920.